The Balaban J connectivity index is 2.40. The smallest absolute Gasteiger partial charge is 0.223 e. The summed E-state index contributed by atoms with van der Waals surface area (Å²) in [4.78, 5) is 13.2. The second-order valence-electron chi connectivity index (χ2n) is 4.64. The Morgan fingerprint density at radius 2 is 2.06 bits per heavy atom. The molecule has 1 aliphatic rings. The van der Waals surface area contributed by atoms with E-state index in [4.69, 9.17) is 10.8 Å². The first-order chi connectivity index (χ1) is 8.00. The maximum absolute atomic E-state index is 11.8. The van der Waals surface area contributed by atoms with Crippen molar-refractivity contribution in [1.82, 2.24) is 4.90 Å². The van der Waals surface area contributed by atoms with E-state index in [-0.39, 0.29) is 25.5 Å². The molecule has 1 heterocycles. The number of β-amino-alcohol motifs (C(OH)–C–C–N with tert-alkyl or cyclic N) is 2. The lowest BCUT2D eigenvalue weighted by Gasteiger charge is -2.22. The molecule has 5 N–H and O–H groups in total. The highest BCUT2D eigenvalue weighted by molar-refractivity contribution is 5.77. The molecule has 1 rings (SSSR count). The maximum atomic E-state index is 11.8. The number of hydrogen-bond donors (Lipinski definition) is 4. The van der Waals surface area contributed by atoms with Gasteiger partial charge in [-0.2, -0.15) is 0 Å². The number of hydrogen-bond acceptors (Lipinski definition) is 5. The number of likely N-dealkylation sites (tertiary alicyclic amines) is 1. The number of amides is 1. The monoisotopic (exact) mass is 246 g/mol. The highest BCUT2D eigenvalue weighted by atomic mass is 16.5. The molecule has 1 amide bonds. The van der Waals surface area contributed by atoms with E-state index in [0.29, 0.717) is 13.0 Å². The van der Waals surface area contributed by atoms with Crippen LogP contribution in [0.15, 0.2) is 0 Å². The lowest BCUT2D eigenvalue weighted by molar-refractivity contribution is -0.154. The molecule has 0 aromatic heterocycles. The largest absolute Gasteiger partial charge is 0.394 e. The van der Waals surface area contributed by atoms with Crippen LogP contribution in [0.1, 0.15) is 32.1 Å². The summed E-state index contributed by atoms with van der Waals surface area (Å²) < 4.78 is 0. The molecular weight excluding hydrogens is 224 g/mol. The molecule has 1 fully saturated rings. The summed E-state index contributed by atoms with van der Waals surface area (Å²) in [6, 6.07) is -0.480. The van der Waals surface area contributed by atoms with Crippen molar-refractivity contribution in [3.8, 4) is 0 Å². The Hall–Kier alpha value is -0.690. The van der Waals surface area contributed by atoms with Crippen LogP contribution in [0.4, 0.5) is 0 Å². The van der Waals surface area contributed by atoms with Gasteiger partial charge in [-0.05, 0) is 19.4 Å². The first-order valence-corrected chi connectivity index (χ1v) is 6.05. The van der Waals surface area contributed by atoms with Crippen LogP contribution >= 0.6 is 0 Å². The molecule has 6 heteroatoms. The van der Waals surface area contributed by atoms with Gasteiger partial charge in [0.25, 0.3) is 0 Å². The van der Waals surface area contributed by atoms with Crippen molar-refractivity contribution in [2.75, 3.05) is 19.7 Å². The molecule has 17 heavy (non-hydrogen) atoms. The second kappa shape index (κ2) is 6.30. The molecule has 0 aromatic rings. The molecule has 1 aliphatic heterocycles. The SMILES string of the molecule is NCCCCCC(=O)N1CC(O)(O)C[C@H]1CO. The van der Waals surface area contributed by atoms with E-state index in [1.807, 2.05) is 0 Å². The summed E-state index contributed by atoms with van der Waals surface area (Å²) in [5.74, 6) is -1.99. The second-order valence-corrected chi connectivity index (χ2v) is 4.64. The summed E-state index contributed by atoms with van der Waals surface area (Å²) in [7, 11) is 0. The van der Waals surface area contributed by atoms with Gasteiger partial charge < -0.3 is 26.0 Å². The number of aliphatic hydroxyl groups excluding tert-OH is 1. The van der Waals surface area contributed by atoms with Crippen LogP contribution in [0.2, 0.25) is 0 Å². The number of rotatable bonds is 6. The number of nitrogens with two attached hydrogens (primary N) is 1. The predicted molar refractivity (Wildman–Crippen MR) is 61.9 cm³/mol. The minimum atomic E-state index is -1.86. The van der Waals surface area contributed by atoms with Gasteiger partial charge in [-0.3, -0.25) is 4.79 Å². The van der Waals surface area contributed by atoms with Crippen molar-refractivity contribution in [3.05, 3.63) is 0 Å². The van der Waals surface area contributed by atoms with Gasteiger partial charge in [0.1, 0.15) is 0 Å². The molecule has 100 valence electrons. The molecule has 6 nitrogen and oxygen atoms in total. The van der Waals surface area contributed by atoms with Gasteiger partial charge in [-0.1, -0.05) is 6.42 Å². The topological polar surface area (TPSA) is 107 Å². The number of unbranched alkanes of at least 4 members (excludes halogenated alkanes) is 2. The minimum Gasteiger partial charge on any atom is -0.394 e. The van der Waals surface area contributed by atoms with Crippen molar-refractivity contribution in [2.45, 2.75) is 43.9 Å². The summed E-state index contributed by atoms with van der Waals surface area (Å²) >= 11 is 0. The fourth-order valence-corrected chi connectivity index (χ4v) is 2.15. The molecule has 1 atom stereocenters. The van der Waals surface area contributed by atoms with E-state index in [2.05, 4.69) is 0 Å². The zero-order valence-corrected chi connectivity index (χ0v) is 10.0. The van der Waals surface area contributed by atoms with Crippen molar-refractivity contribution in [2.24, 2.45) is 5.73 Å². The lowest BCUT2D eigenvalue weighted by Crippen LogP contribution is -2.39. The van der Waals surface area contributed by atoms with Crippen LogP contribution < -0.4 is 5.73 Å². The Kier molecular flexibility index (Phi) is 5.32. The minimum absolute atomic E-state index is 0.0119. The van der Waals surface area contributed by atoms with Gasteiger partial charge in [0.15, 0.2) is 5.79 Å². The van der Waals surface area contributed by atoms with Gasteiger partial charge >= 0.3 is 0 Å². The fraction of sp³-hybridized carbons (Fsp3) is 0.909. The first kappa shape index (κ1) is 14.4. The van der Waals surface area contributed by atoms with Gasteiger partial charge in [-0.25, -0.2) is 0 Å². The Labute approximate surface area is 101 Å². The van der Waals surface area contributed by atoms with E-state index < -0.39 is 11.8 Å². The standard InChI is InChI=1S/C11H22N2O4/c12-5-3-1-2-4-10(15)13-8-11(16,17)6-9(13)7-14/h9,14,16-17H,1-8,12H2/t9-/m0/s1. The quantitative estimate of drug-likeness (QED) is 0.347. The van der Waals surface area contributed by atoms with Crippen LogP contribution in [0.3, 0.4) is 0 Å². The third kappa shape index (κ3) is 4.23. The fourth-order valence-electron chi connectivity index (χ4n) is 2.15. The molecule has 0 unspecified atom stereocenters. The van der Waals surface area contributed by atoms with E-state index in [9.17, 15) is 15.0 Å². The van der Waals surface area contributed by atoms with Crippen molar-refractivity contribution >= 4 is 5.91 Å². The Morgan fingerprint density at radius 1 is 1.35 bits per heavy atom. The van der Waals surface area contributed by atoms with E-state index in [0.717, 1.165) is 19.3 Å². The van der Waals surface area contributed by atoms with Crippen molar-refractivity contribution in [1.29, 1.82) is 0 Å². The number of nitrogens with zero attached hydrogens (tertiary/aromatic N) is 1. The van der Waals surface area contributed by atoms with Crippen molar-refractivity contribution in [3.63, 3.8) is 0 Å². The average molecular weight is 246 g/mol. The Bertz CT molecular complexity index is 258. The summed E-state index contributed by atoms with van der Waals surface area (Å²) in [5, 5.41) is 28.0. The summed E-state index contributed by atoms with van der Waals surface area (Å²) in [6.07, 6.45) is 2.91. The molecule has 1 saturated heterocycles. The van der Waals surface area contributed by atoms with E-state index in [1.165, 1.54) is 4.90 Å². The molecule has 0 saturated carbocycles. The molecule has 0 spiro atoms. The maximum Gasteiger partial charge on any atom is 0.223 e. The van der Waals surface area contributed by atoms with Crippen LogP contribution in [0.25, 0.3) is 0 Å². The zero-order chi connectivity index (χ0) is 12.9. The number of carbonyl (C=O) groups excluding carboxylic acids is 1. The third-order valence-electron chi connectivity index (χ3n) is 3.05. The van der Waals surface area contributed by atoms with Gasteiger partial charge in [0.2, 0.25) is 5.91 Å². The third-order valence-corrected chi connectivity index (χ3v) is 3.05. The van der Waals surface area contributed by atoms with Gasteiger partial charge in [0.05, 0.1) is 19.2 Å². The van der Waals surface area contributed by atoms with Gasteiger partial charge in [-0.15, -0.1) is 0 Å². The van der Waals surface area contributed by atoms with Gasteiger partial charge in [0, 0.05) is 12.8 Å². The van der Waals surface area contributed by atoms with Crippen LogP contribution in [0.5, 0.6) is 0 Å². The molecule has 0 aliphatic carbocycles. The first-order valence-electron chi connectivity index (χ1n) is 6.05. The number of carbonyl (C=O) groups is 1. The van der Waals surface area contributed by atoms with Crippen LogP contribution in [-0.4, -0.2) is 57.7 Å². The summed E-state index contributed by atoms with van der Waals surface area (Å²) in [5.41, 5.74) is 5.35. The zero-order valence-electron chi connectivity index (χ0n) is 10.0. The van der Waals surface area contributed by atoms with Crippen LogP contribution in [0, 0.1) is 0 Å². The Morgan fingerprint density at radius 3 is 2.65 bits per heavy atom. The molecule has 0 bridgehead atoms. The van der Waals surface area contributed by atoms with Crippen molar-refractivity contribution < 1.29 is 20.1 Å². The molecular formula is C11H22N2O4. The highest BCUT2D eigenvalue weighted by Crippen LogP contribution is 2.25. The van der Waals surface area contributed by atoms with Crippen LogP contribution in [-0.2, 0) is 4.79 Å². The number of aliphatic hydroxyl groups is 3. The normalized spacial score (nSPS) is 23.1. The highest BCUT2D eigenvalue weighted by Gasteiger charge is 2.42. The summed E-state index contributed by atoms with van der Waals surface area (Å²) in [6.45, 7) is 0.263. The molecule has 0 aromatic carbocycles. The van der Waals surface area contributed by atoms with E-state index in [1.54, 1.807) is 0 Å². The predicted octanol–water partition coefficient (Wildman–Crippen LogP) is -1.22. The molecule has 0 radical (unpaired) electrons. The van der Waals surface area contributed by atoms with E-state index >= 15 is 0 Å². The average Bonchev–Trinajstić information content (AvgIpc) is 2.60. The lowest BCUT2D eigenvalue weighted by atomic mass is 10.1.